The number of carbonyl (C=O) groups excluding carboxylic acids is 1. The van der Waals surface area contributed by atoms with E-state index in [9.17, 15) is 4.79 Å². The van der Waals surface area contributed by atoms with Crippen LogP contribution in [-0.2, 0) is 18.4 Å². The molecule has 26 heavy (non-hydrogen) atoms. The van der Waals surface area contributed by atoms with E-state index < -0.39 is 9.28 Å². The predicted octanol–water partition coefficient (Wildman–Crippen LogP) is 5.20. The third-order valence-corrected chi connectivity index (χ3v) is 8.33. The average Bonchev–Trinajstić information content (AvgIpc) is 2.59. The molecule has 0 bridgehead atoms. The normalized spacial score (nSPS) is 22.6. The SMILES string of the molecule is CC=CC(=O)OCCC[SiH](OC1(C)CCCCC1)OC1(C)CCCCC1. The van der Waals surface area contributed by atoms with Gasteiger partial charge in [0.25, 0.3) is 0 Å². The van der Waals surface area contributed by atoms with Crippen LogP contribution < -0.4 is 0 Å². The lowest BCUT2D eigenvalue weighted by molar-refractivity contribution is -0.137. The molecule has 0 N–H and O–H groups in total. The first-order chi connectivity index (χ1) is 12.4. The van der Waals surface area contributed by atoms with Crippen LogP contribution in [0.3, 0.4) is 0 Å². The summed E-state index contributed by atoms with van der Waals surface area (Å²) in [6.07, 6.45) is 16.3. The van der Waals surface area contributed by atoms with Crippen LogP contribution in [0.1, 0.15) is 91.4 Å². The highest BCUT2D eigenvalue weighted by Crippen LogP contribution is 2.36. The topological polar surface area (TPSA) is 44.8 Å². The molecule has 0 amide bonds. The molecule has 4 nitrogen and oxygen atoms in total. The van der Waals surface area contributed by atoms with Crippen molar-refractivity contribution >= 4 is 15.3 Å². The molecule has 0 unspecified atom stereocenters. The zero-order valence-corrected chi connectivity index (χ0v) is 18.2. The maximum Gasteiger partial charge on any atom is 0.330 e. The summed E-state index contributed by atoms with van der Waals surface area (Å²) in [6.45, 7) is 6.81. The zero-order valence-electron chi connectivity index (χ0n) is 17.1. The van der Waals surface area contributed by atoms with Crippen molar-refractivity contribution in [1.29, 1.82) is 0 Å². The van der Waals surface area contributed by atoms with Gasteiger partial charge in [-0.2, -0.15) is 0 Å². The summed E-state index contributed by atoms with van der Waals surface area (Å²) in [7, 11) is -1.80. The molecule has 5 heteroatoms. The Morgan fingerprint density at radius 3 is 1.88 bits per heavy atom. The van der Waals surface area contributed by atoms with Crippen LogP contribution in [0.15, 0.2) is 12.2 Å². The first-order valence-corrected chi connectivity index (χ1v) is 12.4. The van der Waals surface area contributed by atoms with Gasteiger partial charge in [0.2, 0.25) is 0 Å². The summed E-state index contributed by atoms with van der Waals surface area (Å²) in [5, 5.41) is 0. The van der Waals surface area contributed by atoms with Gasteiger partial charge in [-0.3, -0.25) is 0 Å². The van der Waals surface area contributed by atoms with Crippen molar-refractivity contribution in [2.24, 2.45) is 0 Å². The van der Waals surface area contributed by atoms with Crippen LogP contribution >= 0.6 is 0 Å². The maximum atomic E-state index is 11.5. The number of carbonyl (C=O) groups is 1. The van der Waals surface area contributed by atoms with Crippen LogP contribution in [-0.4, -0.2) is 33.1 Å². The molecular weight excluding hydrogens is 344 g/mol. The van der Waals surface area contributed by atoms with Gasteiger partial charge < -0.3 is 13.6 Å². The van der Waals surface area contributed by atoms with Gasteiger partial charge in [0.1, 0.15) is 0 Å². The molecule has 0 saturated heterocycles. The molecule has 0 aromatic heterocycles. The van der Waals surface area contributed by atoms with Gasteiger partial charge in [-0.25, -0.2) is 4.79 Å². The monoisotopic (exact) mass is 382 g/mol. The fourth-order valence-corrected chi connectivity index (χ4v) is 6.74. The molecule has 0 spiro atoms. The van der Waals surface area contributed by atoms with E-state index in [-0.39, 0.29) is 17.2 Å². The van der Waals surface area contributed by atoms with Crippen molar-refractivity contribution < 1.29 is 18.4 Å². The van der Waals surface area contributed by atoms with Gasteiger partial charge in [0.15, 0.2) is 0 Å². The number of hydrogen-bond donors (Lipinski definition) is 0. The van der Waals surface area contributed by atoms with Gasteiger partial charge in [0.05, 0.1) is 17.8 Å². The molecule has 2 aliphatic rings. The highest BCUT2D eigenvalue weighted by atomic mass is 28.3. The summed E-state index contributed by atoms with van der Waals surface area (Å²) in [4.78, 5) is 11.5. The third kappa shape index (κ3) is 7.53. The van der Waals surface area contributed by atoms with Crippen LogP contribution in [0.2, 0.25) is 6.04 Å². The van der Waals surface area contributed by atoms with Crippen molar-refractivity contribution in [3.63, 3.8) is 0 Å². The van der Waals surface area contributed by atoms with E-state index in [1.807, 2.05) is 6.92 Å². The molecule has 0 atom stereocenters. The molecule has 2 saturated carbocycles. The van der Waals surface area contributed by atoms with Crippen molar-refractivity contribution in [3.8, 4) is 0 Å². The minimum Gasteiger partial charge on any atom is -0.463 e. The summed E-state index contributed by atoms with van der Waals surface area (Å²) >= 11 is 0. The van der Waals surface area contributed by atoms with Gasteiger partial charge in [-0.15, -0.1) is 0 Å². The Morgan fingerprint density at radius 1 is 0.923 bits per heavy atom. The second kappa shape index (κ2) is 10.6. The van der Waals surface area contributed by atoms with E-state index in [0.717, 1.165) is 38.1 Å². The standard InChI is InChI=1S/C21H38O4Si/c1-4-12-19(22)23-17-11-18-26(24-20(2)13-7-5-8-14-20)25-21(3)15-9-6-10-16-21/h4,12,26H,5-11,13-18H2,1-3H3. The van der Waals surface area contributed by atoms with Crippen molar-refractivity contribution in [3.05, 3.63) is 12.2 Å². The second-order valence-electron chi connectivity index (χ2n) is 8.50. The molecule has 150 valence electrons. The molecule has 0 aromatic carbocycles. The lowest BCUT2D eigenvalue weighted by atomic mass is 9.87. The van der Waals surface area contributed by atoms with Crippen LogP contribution in [0, 0.1) is 0 Å². The van der Waals surface area contributed by atoms with Crippen molar-refractivity contribution in [1.82, 2.24) is 0 Å². The van der Waals surface area contributed by atoms with Crippen LogP contribution in [0.4, 0.5) is 0 Å². The van der Waals surface area contributed by atoms with E-state index in [0.29, 0.717) is 6.61 Å². The molecule has 2 aliphatic carbocycles. The number of rotatable bonds is 9. The summed E-state index contributed by atoms with van der Waals surface area (Å²) in [5.41, 5.74) is -0.0242. The molecule has 2 fully saturated rings. The molecule has 0 aromatic rings. The van der Waals surface area contributed by atoms with Gasteiger partial charge in [-0.1, -0.05) is 44.6 Å². The van der Waals surface area contributed by atoms with E-state index >= 15 is 0 Å². The summed E-state index contributed by atoms with van der Waals surface area (Å²) < 4.78 is 18.6. The number of esters is 1. The first-order valence-electron chi connectivity index (χ1n) is 10.6. The Labute approximate surface area is 161 Å². The van der Waals surface area contributed by atoms with Crippen molar-refractivity contribution in [2.75, 3.05) is 6.61 Å². The Balaban J connectivity index is 1.88. The Bertz CT molecular complexity index is 425. The number of hydrogen-bond acceptors (Lipinski definition) is 4. The number of allylic oxidation sites excluding steroid dienone is 1. The van der Waals surface area contributed by atoms with E-state index in [4.69, 9.17) is 13.6 Å². The average molecular weight is 383 g/mol. The van der Waals surface area contributed by atoms with Gasteiger partial charge in [-0.05, 0) is 58.9 Å². The van der Waals surface area contributed by atoms with E-state index in [1.54, 1.807) is 6.08 Å². The summed E-state index contributed by atoms with van der Waals surface area (Å²) in [6, 6.07) is 0.911. The lowest BCUT2D eigenvalue weighted by Crippen LogP contribution is -2.45. The van der Waals surface area contributed by atoms with E-state index in [1.165, 1.54) is 44.6 Å². The van der Waals surface area contributed by atoms with Crippen LogP contribution in [0.5, 0.6) is 0 Å². The second-order valence-corrected chi connectivity index (χ2v) is 10.4. The maximum absolute atomic E-state index is 11.5. The smallest absolute Gasteiger partial charge is 0.330 e. The molecule has 0 radical (unpaired) electrons. The first kappa shape index (κ1) is 21.6. The van der Waals surface area contributed by atoms with E-state index in [2.05, 4.69) is 13.8 Å². The molecule has 0 heterocycles. The molecule has 0 aliphatic heterocycles. The largest absolute Gasteiger partial charge is 0.463 e. The van der Waals surface area contributed by atoms with Gasteiger partial charge >= 0.3 is 15.3 Å². The Kier molecular flexibility index (Phi) is 8.84. The molecule has 2 rings (SSSR count). The third-order valence-electron chi connectivity index (χ3n) is 5.79. The fourth-order valence-electron chi connectivity index (χ4n) is 4.22. The summed E-state index contributed by atoms with van der Waals surface area (Å²) in [5.74, 6) is -0.258. The quantitative estimate of drug-likeness (QED) is 0.238. The highest BCUT2D eigenvalue weighted by Gasteiger charge is 2.36. The minimum absolute atomic E-state index is 0.0121. The fraction of sp³-hybridized carbons (Fsp3) is 0.857. The van der Waals surface area contributed by atoms with Gasteiger partial charge in [0, 0.05) is 6.08 Å². The Hall–Kier alpha value is -0.653. The highest BCUT2D eigenvalue weighted by molar-refractivity contribution is 6.44. The van der Waals surface area contributed by atoms with Crippen LogP contribution in [0.25, 0.3) is 0 Å². The lowest BCUT2D eigenvalue weighted by Gasteiger charge is -2.41. The minimum atomic E-state index is -1.80. The molecular formula is C21H38O4Si. The number of ether oxygens (including phenoxy) is 1. The Morgan fingerprint density at radius 2 is 1.42 bits per heavy atom. The predicted molar refractivity (Wildman–Crippen MR) is 107 cm³/mol. The van der Waals surface area contributed by atoms with Crippen molar-refractivity contribution in [2.45, 2.75) is 109 Å². The zero-order chi connectivity index (χ0) is 18.9.